The van der Waals surface area contributed by atoms with Gasteiger partial charge < -0.3 is 20.1 Å². The van der Waals surface area contributed by atoms with Crippen LogP contribution in [0.5, 0.6) is 0 Å². The Balaban J connectivity index is 3.21. The summed E-state index contributed by atoms with van der Waals surface area (Å²) in [6.07, 6.45) is -1.49. The van der Waals surface area contributed by atoms with Crippen molar-refractivity contribution in [3.8, 4) is 0 Å². The molecule has 5 nitrogen and oxygen atoms in total. The van der Waals surface area contributed by atoms with Crippen LogP contribution in [0.4, 0.5) is 0 Å². The number of ether oxygens (including phenoxy) is 1. The van der Waals surface area contributed by atoms with E-state index in [4.69, 9.17) is 15.3 Å². The van der Waals surface area contributed by atoms with Gasteiger partial charge in [-0.05, 0) is 0 Å². The number of hydrogen-bond acceptors (Lipinski definition) is 4. The smallest absolute Gasteiger partial charge is 0.334 e. The second-order valence-corrected chi connectivity index (χ2v) is 1.65. The maximum atomic E-state index is 9.90. The predicted octanol–water partition coefficient (Wildman–Crippen LogP) is -1.56. The molecule has 0 aromatic rings. The quantitative estimate of drug-likeness (QED) is 0.412. The topological polar surface area (TPSA) is 87.0 Å². The van der Waals surface area contributed by atoms with Gasteiger partial charge in [0.2, 0.25) is 0 Å². The van der Waals surface area contributed by atoms with E-state index in [9.17, 15) is 4.79 Å². The SMILES string of the molecule is O=C(O)C(O)COCCO. The molecule has 0 aliphatic rings. The molecule has 0 heterocycles. The summed E-state index contributed by atoms with van der Waals surface area (Å²) in [5.41, 5.74) is 0. The van der Waals surface area contributed by atoms with Crippen LogP contribution in [0.1, 0.15) is 0 Å². The highest BCUT2D eigenvalue weighted by molar-refractivity contribution is 5.71. The van der Waals surface area contributed by atoms with Crippen LogP contribution >= 0.6 is 0 Å². The number of carbonyl (C=O) groups is 1. The molecule has 0 aliphatic heterocycles. The van der Waals surface area contributed by atoms with Gasteiger partial charge in [0, 0.05) is 0 Å². The fourth-order valence-electron chi connectivity index (χ4n) is 0.331. The van der Waals surface area contributed by atoms with Crippen molar-refractivity contribution in [2.45, 2.75) is 6.10 Å². The molecule has 0 aromatic carbocycles. The minimum absolute atomic E-state index is 0.0460. The van der Waals surface area contributed by atoms with E-state index in [0.29, 0.717) is 0 Å². The highest BCUT2D eigenvalue weighted by Crippen LogP contribution is 1.84. The monoisotopic (exact) mass is 150 g/mol. The van der Waals surface area contributed by atoms with E-state index in [0.717, 1.165) is 0 Å². The molecule has 5 heteroatoms. The van der Waals surface area contributed by atoms with Crippen molar-refractivity contribution >= 4 is 5.97 Å². The molecule has 0 radical (unpaired) electrons. The Hall–Kier alpha value is -0.650. The minimum atomic E-state index is -1.49. The van der Waals surface area contributed by atoms with Crippen LogP contribution in [-0.4, -0.2) is 47.2 Å². The molecule has 0 aromatic heterocycles. The van der Waals surface area contributed by atoms with Crippen molar-refractivity contribution < 1.29 is 24.9 Å². The van der Waals surface area contributed by atoms with E-state index in [-0.39, 0.29) is 19.8 Å². The molecule has 10 heavy (non-hydrogen) atoms. The van der Waals surface area contributed by atoms with Crippen LogP contribution in [0.15, 0.2) is 0 Å². The lowest BCUT2D eigenvalue weighted by molar-refractivity contribution is -0.150. The van der Waals surface area contributed by atoms with Crippen LogP contribution in [0.2, 0.25) is 0 Å². The third kappa shape index (κ3) is 4.25. The molecular formula is C5H10O5. The zero-order valence-electron chi connectivity index (χ0n) is 5.36. The molecular weight excluding hydrogens is 140 g/mol. The summed E-state index contributed by atoms with van der Waals surface area (Å²) in [6, 6.07) is 0. The van der Waals surface area contributed by atoms with Crippen LogP contribution in [0.3, 0.4) is 0 Å². The minimum Gasteiger partial charge on any atom is -0.479 e. The van der Waals surface area contributed by atoms with Crippen molar-refractivity contribution in [3.63, 3.8) is 0 Å². The molecule has 0 aliphatic carbocycles. The van der Waals surface area contributed by atoms with Gasteiger partial charge in [0.05, 0.1) is 19.8 Å². The number of carboxylic acid groups (broad SMARTS) is 1. The average molecular weight is 150 g/mol. The lowest BCUT2D eigenvalue weighted by Gasteiger charge is -2.04. The van der Waals surface area contributed by atoms with Crippen molar-refractivity contribution in [1.29, 1.82) is 0 Å². The average Bonchev–Trinajstić information content (AvgIpc) is 1.88. The predicted molar refractivity (Wildman–Crippen MR) is 31.5 cm³/mol. The Morgan fingerprint density at radius 3 is 2.60 bits per heavy atom. The molecule has 1 unspecified atom stereocenters. The number of hydrogen-bond donors (Lipinski definition) is 3. The zero-order valence-corrected chi connectivity index (χ0v) is 5.36. The van der Waals surface area contributed by atoms with E-state index < -0.39 is 12.1 Å². The molecule has 60 valence electrons. The van der Waals surface area contributed by atoms with Crippen LogP contribution in [0, 0.1) is 0 Å². The number of aliphatic hydroxyl groups is 2. The fourth-order valence-corrected chi connectivity index (χ4v) is 0.331. The highest BCUT2D eigenvalue weighted by Gasteiger charge is 2.11. The summed E-state index contributed by atoms with van der Waals surface area (Å²) in [7, 11) is 0. The molecule has 0 bridgehead atoms. The van der Waals surface area contributed by atoms with E-state index in [2.05, 4.69) is 4.74 Å². The Kier molecular flexibility index (Phi) is 4.82. The van der Waals surface area contributed by atoms with Crippen LogP contribution < -0.4 is 0 Å². The summed E-state index contributed by atoms with van der Waals surface area (Å²) < 4.78 is 4.53. The molecule has 0 saturated heterocycles. The van der Waals surface area contributed by atoms with Crippen molar-refractivity contribution in [3.05, 3.63) is 0 Å². The fraction of sp³-hybridized carbons (Fsp3) is 0.800. The molecule has 0 amide bonds. The molecule has 0 fully saturated rings. The molecule has 3 N–H and O–H groups in total. The van der Waals surface area contributed by atoms with Crippen LogP contribution in [0.25, 0.3) is 0 Å². The normalized spacial score (nSPS) is 13.0. The van der Waals surface area contributed by atoms with Gasteiger partial charge in [-0.25, -0.2) is 4.79 Å². The number of rotatable bonds is 5. The summed E-state index contributed by atoms with van der Waals surface area (Å²) in [5.74, 6) is -1.32. The van der Waals surface area contributed by atoms with Crippen molar-refractivity contribution in [2.24, 2.45) is 0 Å². The van der Waals surface area contributed by atoms with Gasteiger partial charge >= 0.3 is 5.97 Å². The molecule has 0 rings (SSSR count). The van der Waals surface area contributed by atoms with Crippen LogP contribution in [-0.2, 0) is 9.53 Å². The van der Waals surface area contributed by atoms with Crippen molar-refractivity contribution in [2.75, 3.05) is 19.8 Å². The number of carboxylic acids is 1. The lowest BCUT2D eigenvalue weighted by atomic mass is 10.4. The first-order valence-electron chi connectivity index (χ1n) is 2.78. The Labute approximate surface area is 57.9 Å². The maximum absolute atomic E-state index is 9.90. The second kappa shape index (κ2) is 5.16. The van der Waals surface area contributed by atoms with E-state index >= 15 is 0 Å². The van der Waals surface area contributed by atoms with Gasteiger partial charge in [-0.3, -0.25) is 0 Å². The lowest BCUT2D eigenvalue weighted by Crippen LogP contribution is -2.25. The summed E-state index contributed by atoms with van der Waals surface area (Å²) in [5, 5.41) is 24.8. The third-order valence-electron chi connectivity index (χ3n) is 0.796. The second-order valence-electron chi connectivity index (χ2n) is 1.65. The first kappa shape index (κ1) is 9.35. The van der Waals surface area contributed by atoms with Gasteiger partial charge in [-0.1, -0.05) is 0 Å². The third-order valence-corrected chi connectivity index (χ3v) is 0.796. The Morgan fingerprint density at radius 2 is 2.20 bits per heavy atom. The number of aliphatic carboxylic acids is 1. The van der Waals surface area contributed by atoms with E-state index in [1.807, 2.05) is 0 Å². The molecule has 0 spiro atoms. The van der Waals surface area contributed by atoms with Gasteiger partial charge in [-0.15, -0.1) is 0 Å². The summed E-state index contributed by atoms with van der Waals surface area (Å²) in [4.78, 5) is 9.90. The Bertz CT molecular complexity index is 102. The van der Waals surface area contributed by atoms with Gasteiger partial charge in [0.15, 0.2) is 6.10 Å². The van der Waals surface area contributed by atoms with E-state index in [1.165, 1.54) is 0 Å². The maximum Gasteiger partial charge on any atom is 0.334 e. The standard InChI is InChI=1S/C5H10O5/c6-1-2-10-3-4(7)5(8)9/h4,6-7H,1-3H2,(H,8,9). The van der Waals surface area contributed by atoms with Gasteiger partial charge in [-0.2, -0.15) is 0 Å². The summed E-state index contributed by atoms with van der Waals surface area (Å²) >= 11 is 0. The highest BCUT2D eigenvalue weighted by atomic mass is 16.5. The summed E-state index contributed by atoms with van der Waals surface area (Å²) in [6.45, 7) is -0.410. The van der Waals surface area contributed by atoms with Crippen molar-refractivity contribution in [1.82, 2.24) is 0 Å². The molecule has 1 atom stereocenters. The molecule has 0 saturated carbocycles. The first-order chi connectivity index (χ1) is 4.68. The first-order valence-corrected chi connectivity index (χ1v) is 2.78. The van der Waals surface area contributed by atoms with Gasteiger partial charge in [0.25, 0.3) is 0 Å². The Morgan fingerprint density at radius 1 is 1.60 bits per heavy atom. The largest absolute Gasteiger partial charge is 0.479 e. The number of aliphatic hydroxyl groups excluding tert-OH is 2. The zero-order chi connectivity index (χ0) is 7.98. The van der Waals surface area contributed by atoms with Gasteiger partial charge in [0.1, 0.15) is 0 Å². The van der Waals surface area contributed by atoms with E-state index in [1.54, 1.807) is 0 Å².